The van der Waals surface area contributed by atoms with Crippen LogP contribution in [0.2, 0.25) is 0 Å². The van der Waals surface area contributed by atoms with Crippen molar-refractivity contribution in [3.8, 4) is 0 Å². The zero-order chi connectivity index (χ0) is 9.10. The summed E-state index contributed by atoms with van der Waals surface area (Å²) in [4.78, 5) is 1.59. The maximum atomic E-state index is 4.19. The molecule has 1 aliphatic heterocycles. The lowest BCUT2D eigenvalue weighted by Crippen LogP contribution is -2.30. The summed E-state index contributed by atoms with van der Waals surface area (Å²) in [5, 5.41) is 14.9. The van der Waals surface area contributed by atoms with Crippen molar-refractivity contribution >= 4 is 0 Å². The van der Waals surface area contributed by atoms with Crippen molar-refractivity contribution < 1.29 is 0 Å². The Bertz CT molecular complexity index is 263. The standard InChI is InChI=1S/C8H15N5/c1-13-11-6-8(12-13)5-10-7-2-3-9-4-7/h6-7,9-10H,2-5H2,1H3. The quantitative estimate of drug-likeness (QED) is 0.645. The van der Waals surface area contributed by atoms with Crippen molar-refractivity contribution in [2.24, 2.45) is 7.05 Å². The maximum Gasteiger partial charge on any atom is 0.0964 e. The fraction of sp³-hybridized carbons (Fsp3) is 0.750. The zero-order valence-electron chi connectivity index (χ0n) is 7.82. The number of nitrogens with zero attached hydrogens (tertiary/aromatic N) is 3. The molecule has 0 spiro atoms. The predicted octanol–water partition coefficient (Wildman–Crippen LogP) is -0.733. The molecule has 1 aromatic rings. The molecule has 1 fully saturated rings. The first kappa shape index (κ1) is 8.65. The minimum absolute atomic E-state index is 0.599. The summed E-state index contributed by atoms with van der Waals surface area (Å²) in [5.41, 5.74) is 1.01. The second-order valence-electron chi connectivity index (χ2n) is 3.40. The molecule has 5 nitrogen and oxygen atoms in total. The molecule has 1 atom stereocenters. The SMILES string of the molecule is Cn1ncc(CNC2CCNC2)n1. The highest BCUT2D eigenvalue weighted by Crippen LogP contribution is 1.98. The molecule has 13 heavy (non-hydrogen) atoms. The topological polar surface area (TPSA) is 54.8 Å². The Labute approximate surface area is 77.5 Å². The summed E-state index contributed by atoms with van der Waals surface area (Å²) in [6.45, 7) is 3.01. The van der Waals surface area contributed by atoms with Crippen LogP contribution in [0.5, 0.6) is 0 Å². The highest BCUT2D eigenvalue weighted by molar-refractivity contribution is 4.91. The van der Waals surface area contributed by atoms with Crippen molar-refractivity contribution in [2.45, 2.75) is 19.0 Å². The van der Waals surface area contributed by atoms with Crippen LogP contribution < -0.4 is 10.6 Å². The van der Waals surface area contributed by atoms with E-state index in [0.717, 1.165) is 25.3 Å². The summed E-state index contributed by atoms with van der Waals surface area (Å²) in [5.74, 6) is 0. The Balaban J connectivity index is 1.78. The molecule has 1 saturated heterocycles. The fourth-order valence-corrected chi connectivity index (χ4v) is 1.55. The van der Waals surface area contributed by atoms with Gasteiger partial charge in [-0.25, -0.2) is 0 Å². The minimum Gasteiger partial charge on any atom is -0.315 e. The molecular formula is C8H15N5. The average Bonchev–Trinajstić information content (AvgIpc) is 2.71. The number of hydrogen-bond acceptors (Lipinski definition) is 4. The Morgan fingerprint density at radius 3 is 3.31 bits per heavy atom. The molecule has 1 aliphatic rings. The van der Waals surface area contributed by atoms with E-state index in [1.165, 1.54) is 6.42 Å². The van der Waals surface area contributed by atoms with Gasteiger partial charge in [-0.15, -0.1) is 0 Å². The molecule has 72 valence electrons. The van der Waals surface area contributed by atoms with Crippen LogP contribution in [0.3, 0.4) is 0 Å². The molecule has 0 bridgehead atoms. The molecule has 0 aromatic carbocycles. The largest absolute Gasteiger partial charge is 0.315 e. The van der Waals surface area contributed by atoms with E-state index in [1.54, 1.807) is 11.0 Å². The maximum absolute atomic E-state index is 4.19. The van der Waals surface area contributed by atoms with Gasteiger partial charge in [-0.1, -0.05) is 0 Å². The predicted molar refractivity (Wildman–Crippen MR) is 49.1 cm³/mol. The Morgan fingerprint density at radius 1 is 1.77 bits per heavy atom. The summed E-state index contributed by atoms with van der Waals surface area (Å²) in [6, 6.07) is 0.599. The van der Waals surface area contributed by atoms with Crippen molar-refractivity contribution in [2.75, 3.05) is 13.1 Å². The summed E-state index contributed by atoms with van der Waals surface area (Å²) in [6.07, 6.45) is 3.01. The summed E-state index contributed by atoms with van der Waals surface area (Å²) in [7, 11) is 1.83. The first-order valence-electron chi connectivity index (χ1n) is 4.64. The number of hydrogen-bond donors (Lipinski definition) is 2. The van der Waals surface area contributed by atoms with Gasteiger partial charge in [-0.3, -0.25) is 0 Å². The van der Waals surface area contributed by atoms with E-state index in [9.17, 15) is 0 Å². The lowest BCUT2D eigenvalue weighted by atomic mass is 10.2. The van der Waals surface area contributed by atoms with Crippen LogP contribution in [-0.2, 0) is 13.6 Å². The van der Waals surface area contributed by atoms with E-state index in [2.05, 4.69) is 20.8 Å². The van der Waals surface area contributed by atoms with Crippen LogP contribution in [0.4, 0.5) is 0 Å². The number of aryl methyl sites for hydroxylation is 1. The minimum atomic E-state index is 0.599. The molecular weight excluding hydrogens is 166 g/mol. The lowest BCUT2D eigenvalue weighted by Gasteiger charge is -2.08. The second kappa shape index (κ2) is 3.85. The molecule has 0 saturated carbocycles. The van der Waals surface area contributed by atoms with Gasteiger partial charge in [0.05, 0.1) is 11.9 Å². The molecule has 5 heteroatoms. The van der Waals surface area contributed by atoms with Crippen LogP contribution in [0.1, 0.15) is 12.1 Å². The van der Waals surface area contributed by atoms with Crippen molar-refractivity contribution in [3.63, 3.8) is 0 Å². The van der Waals surface area contributed by atoms with Gasteiger partial charge in [0.15, 0.2) is 0 Å². The van der Waals surface area contributed by atoms with Gasteiger partial charge in [0.2, 0.25) is 0 Å². The first-order valence-corrected chi connectivity index (χ1v) is 4.64. The van der Waals surface area contributed by atoms with Crippen LogP contribution in [-0.4, -0.2) is 34.1 Å². The van der Waals surface area contributed by atoms with Gasteiger partial charge >= 0.3 is 0 Å². The normalized spacial score (nSPS) is 22.4. The Kier molecular flexibility index (Phi) is 2.56. The Hall–Kier alpha value is -0.940. The van der Waals surface area contributed by atoms with E-state index in [0.29, 0.717) is 6.04 Å². The molecule has 1 unspecified atom stereocenters. The van der Waals surface area contributed by atoms with E-state index < -0.39 is 0 Å². The molecule has 2 N–H and O–H groups in total. The van der Waals surface area contributed by atoms with Crippen molar-refractivity contribution in [1.82, 2.24) is 25.6 Å². The third-order valence-corrected chi connectivity index (χ3v) is 2.28. The molecule has 2 rings (SSSR count). The van der Waals surface area contributed by atoms with E-state index in [-0.39, 0.29) is 0 Å². The highest BCUT2D eigenvalue weighted by atomic mass is 15.4. The number of rotatable bonds is 3. The molecule has 0 radical (unpaired) electrons. The van der Waals surface area contributed by atoms with Gasteiger partial charge in [0.25, 0.3) is 0 Å². The third kappa shape index (κ3) is 2.26. The van der Waals surface area contributed by atoms with Gasteiger partial charge in [0.1, 0.15) is 0 Å². The monoisotopic (exact) mass is 181 g/mol. The molecule has 0 amide bonds. The Morgan fingerprint density at radius 2 is 2.69 bits per heavy atom. The van der Waals surface area contributed by atoms with Gasteiger partial charge in [-0.05, 0) is 13.0 Å². The van der Waals surface area contributed by atoms with Gasteiger partial charge in [0, 0.05) is 26.2 Å². The van der Waals surface area contributed by atoms with Crippen LogP contribution in [0.25, 0.3) is 0 Å². The van der Waals surface area contributed by atoms with Crippen LogP contribution >= 0.6 is 0 Å². The van der Waals surface area contributed by atoms with Gasteiger partial charge in [-0.2, -0.15) is 15.0 Å². The van der Waals surface area contributed by atoms with Crippen molar-refractivity contribution in [1.29, 1.82) is 0 Å². The second-order valence-corrected chi connectivity index (χ2v) is 3.40. The van der Waals surface area contributed by atoms with E-state index in [4.69, 9.17) is 0 Å². The third-order valence-electron chi connectivity index (χ3n) is 2.28. The van der Waals surface area contributed by atoms with E-state index >= 15 is 0 Å². The molecule has 1 aromatic heterocycles. The number of nitrogens with one attached hydrogen (secondary N) is 2. The average molecular weight is 181 g/mol. The lowest BCUT2D eigenvalue weighted by molar-refractivity contribution is 0.536. The summed E-state index contributed by atoms with van der Waals surface area (Å²) >= 11 is 0. The van der Waals surface area contributed by atoms with Gasteiger partial charge < -0.3 is 10.6 Å². The van der Waals surface area contributed by atoms with Crippen LogP contribution in [0.15, 0.2) is 6.20 Å². The first-order chi connectivity index (χ1) is 6.34. The summed E-state index contributed by atoms with van der Waals surface area (Å²) < 4.78 is 0. The molecule has 2 heterocycles. The number of aromatic nitrogens is 3. The molecule has 0 aliphatic carbocycles. The van der Waals surface area contributed by atoms with Crippen LogP contribution in [0, 0.1) is 0 Å². The fourth-order valence-electron chi connectivity index (χ4n) is 1.55. The smallest absolute Gasteiger partial charge is 0.0964 e. The zero-order valence-corrected chi connectivity index (χ0v) is 7.82. The van der Waals surface area contributed by atoms with E-state index in [1.807, 2.05) is 7.05 Å². The van der Waals surface area contributed by atoms with Crippen molar-refractivity contribution in [3.05, 3.63) is 11.9 Å². The highest BCUT2D eigenvalue weighted by Gasteiger charge is 2.13.